The van der Waals surface area contributed by atoms with E-state index in [9.17, 15) is 0 Å². The molecule has 5 heteroatoms. The summed E-state index contributed by atoms with van der Waals surface area (Å²) < 4.78 is 11.6. The fraction of sp³-hybridized carbons (Fsp3) is 0.250. The average Bonchev–Trinajstić information content (AvgIpc) is 2.50. The van der Waals surface area contributed by atoms with Crippen LogP contribution in [0.1, 0.15) is 17.2 Å². The maximum absolute atomic E-state index is 6.39. The van der Waals surface area contributed by atoms with E-state index in [4.69, 9.17) is 21.1 Å². The topological polar surface area (TPSA) is 30.5 Å². The minimum atomic E-state index is -0.0635. The highest BCUT2D eigenvalue weighted by molar-refractivity contribution is 9.10. The van der Waals surface area contributed by atoms with E-state index in [1.165, 1.54) is 0 Å². The van der Waals surface area contributed by atoms with Gasteiger partial charge < -0.3 is 14.8 Å². The first kappa shape index (κ1) is 16.1. The van der Waals surface area contributed by atoms with Crippen LogP contribution in [0.25, 0.3) is 0 Å². The molecule has 0 saturated heterocycles. The summed E-state index contributed by atoms with van der Waals surface area (Å²) in [6.45, 7) is 0. The molecule has 0 saturated carbocycles. The van der Waals surface area contributed by atoms with Crippen LogP contribution in [-0.4, -0.2) is 21.3 Å². The maximum Gasteiger partial charge on any atom is 0.125 e. The van der Waals surface area contributed by atoms with Gasteiger partial charge in [0.25, 0.3) is 0 Å². The molecule has 0 aliphatic rings. The van der Waals surface area contributed by atoms with Gasteiger partial charge in [0.1, 0.15) is 11.5 Å². The molecular weight excluding hydrogens is 354 g/mol. The van der Waals surface area contributed by atoms with E-state index in [0.29, 0.717) is 5.02 Å². The third-order valence-electron chi connectivity index (χ3n) is 3.31. The van der Waals surface area contributed by atoms with E-state index < -0.39 is 0 Å². The van der Waals surface area contributed by atoms with E-state index in [0.717, 1.165) is 27.1 Å². The van der Waals surface area contributed by atoms with Crippen LogP contribution in [0.2, 0.25) is 5.02 Å². The van der Waals surface area contributed by atoms with Gasteiger partial charge in [0.15, 0.2) is 0 Å². The monoisotopic (exact) mass is 369 g/mol. The van der Waals surface area contributed by atoms with Gasteiger partial charge in [0.05, 0.1) is 20.3 Å². The van der Waals surface area contributed by atoms with Crippen LogP contribution in [0.15, 0.2) is 40.9 Å². The van der Waals surface area contributed by atoms with Gasteiger partial charge >= 0.3 is 0 Å². The molecule has 0 heterocycles. The highest BCUT2D eigenvalue weighted by Gasteiger charge is 2.19. The van der Waals surface area contributed by atoms with Crippen LogP contribution in [0.3, 0.4) is 0 Å². The number of rotatable bonds is 5. The smallest absolute Gasteiger partial charge is 0.125 e. The number of halogens is 2. The van der Waals surface area contributed by atoms with Crippen molar-refractivity contribution in [1.29, 1.82) is 0 Å². The normalized spacial score (nSPS) is 12.0. The molecule has 21 heavy (non-hydrogen) atoms. The van der Waals surface area contributed by atoms with Crippen LogP contribution in [0.5, 0.6) is 11.5 Å². The quantitative estimate of drug-likeness (QED) is 0.844. The van der Waals surface area contributed by atoms with Gasteiger partial charge in [-0.3, -0.25) is 0 Å². The van der Waals surface area contributed by atoms with Gasteiger partial charge in [-0.2, -0.15) is 0 Å². The average molecular weight is 371 g/mol. The van der Waals surface area contributed by atoms with E-state index in [1.54, 1.807) is 14.2 Å². The summed E-state index contributed by atoms with van der Waals surface area (Å²) in [5.74, 6) is 1.54. The highest BCUT2D eigenvalue weighted by atomic mass is 79.9. The van der Waals surface area contributed by atoms with Crippen molar-refractivity contribution in [2.24, 2.45) is 0 Å². The molecule has 2 aromatic carbocycles. The summed E-state index contributed by atoms with van der Waals surface area (Å²) in [5, 5.41) is 3.94. The molecule has 0 radical (unpaired) electrons. The Morgan fingerprint density at radius 3 is 2.33 bits per heavy atom. The van der Waals surface area contributed by atoms with Crippen molar-refractivity contribution < 1.29 is 9.47 Å². The molecule has 0 amide bonds. The molecule has 2 rings (SSSR count). The zero-order valence-corrected chi connectivity index (χ0v) is 14.5. The van der Waals surface area contributed by atoms with Gasteiger partial charge in [-0.1, -0.05) is 39.7 Å². The molecule has 0 fully saturated rings. The molecule has 1 N–H and O–H groups in total. The van der Waals surface area contributed by atoms with Gasteiger partial charge in [0.2, 0.25) is 0 Å². The molecular formula is C16H17BrClNO2. The molecule has 112 valence electrons. The molecule has 2 aromatic rings. The summed E-state index contributed by atoms with van der Waals surface area (Å²) in [6, 6.07) is 11.6. The lowest BCUT2D eigenvalue weighted by Crippen LogP contribution is -2.19. The molecule has 0 aliphatic carbocycles. The maximum atomic E-state index is 6.39. The minimum Gasteiger partial charge on any atom is -0.497 e. The number of hydrogen-bond donors (Lipinski definition) is 1. The Kier molecular flexibility index (Phi) is 5.51. The second-order valence-electron chi connectivity index (χ2n) is 4.50. The lowest BCUT2D eigenvalue weighted by Gasteiger charge is -2.21. The van der Waals surface area contributed by atoms with E-state index in [1.807, 2.05) is 43.4 Å². The molecule has 1 atom stereocenters. The number of ether oxygens (including phenoxy) is 2. The minimum absolute atomic E-state index is 0.0635. The summed E-state index contributed by atoms with van der Waals surface area (Å²) in [5.41, 5.74) is 2.00. The Labute approximate surface area is 138 Å². The van der Waals surface area contributed by atoms with Crippen LogP contribution in [0.4, 0.5) is 0 Å². The van der Waals surface area contributed by atoms with Gasteiger partial charge in [-0.25, -0.2) is 0 Å². The zero-order valence-electron chi connectivity index (χ0n) is 12.1. The Morgan fingerprint density at radius 2 is 1.76 bits per heavy atom. The van der Waals surface area contributed by atoms with Crippen LogP contribution >= 0.6 is 27.5 Å². The molecule has 3 nitrogen and oxygen atoms in total. The Hall–Kier alpha value is -1.23. The molecule has 0 spiro atoms. The predicted molar refractivity (Wildman–Crippen MR) is 89.6 cm³/mol. The summed E-state index contributed by atoms with van der Waals surface area (Å²) in [4.78, 5) is 0. The molecule has 0 bridgehead atoms. The third-order valence-corrected chi connectivity index (χ3v) is 4.13. The Bertz CT molecular complexity index is 634. The molecule has 0 aromatic heterocycles. The van der Waals surface area contributed by atoms with Gasteiger partial charge in [-0.15, -0.1) is 0 Å². The van der Waals surface area contributed by atoms with Crippen molar-refractivity contribution in [3.8, 4) is 11.5 Å². The highest BCUT2D eigenvalue weighted by Crippen LogP contribution is 2.36. The van der Waals surface area contributed by atoms with Crippen molar-refractivity contribution in [2.45, 2.75) is 6.04 Å². The first-order valence-corrected chi connectivity index (χ1v) is 7.62. The number of methoxy groups -OCH3 is 2. The number of hydrogen-bond acceptors (Lipinski definition) is 3. The van der Waals surface area contributed by atoms with Crippen molar-refractivity contribution in [3.63, 3.8) is 0 Å². The molecule has 0 aliphatic heterocycles. The zero-order chi connectivity index (χ0) is 15.4. The van der Waals surface area contributed by atoms with Crippen LogP contribution in [-0.2, 0) is 0 Å². The van der Waals surface area contributed by atoms with Crippen LogP contribution < -0.4 is 14.8 Å². The fourth-order valence-electron chi connectivity index (χ4n) is 2.27. The van der Waals surface area contributed by atoms with Gasteiger partial charge in [-0.05, 0) is 36.9 Å². The Morgan fingerprint density at radius 1 is 1.05 bits per heavy atom. The SMILES string of the molecule is CNC(c1ccc(OC)cc1Cl)c1ccc(Br)cc1OC. The first-order valence-electron chi connectivity index (χ1n) is 6.44. The summed E-state index contributed by atoms with van der Waals surface area (Å²) >= 11 is 9.84. The van der Waals surface area contributed by atoms with E-state index >= 15 is 0 Å². The standard InChI is InChI=1S/C16H17BrClNO2/c1-19-16(12-7-5-11(20-2)9-14(12)18)13-6-4-10(17)8-15(13)21-3/h4-9,16,19H,1-3H3. The second kappa shape index (κ2) is 7.16. The number of nitrogens with one attached hydrogen (secondary N) is 1. The van der Waals surface area contributed by atoms with Crippen molar-refractivity contribution in [3.05, 3.63) is 57.0 Å². The fourth-order valence-corrected chi connectivity index (χ4v) is 2.89. The third kappa shape index (κ3) is 3.51. The lowest BCUT2D eigenvalue weighted by atomic mass is 9.97. The first-order chi connectivity index (χ1) is 10.1. The number of benzene rings is 2. The van der Waals surface area contributed by atoms with Crippen LogP contribution in [0, 0.1) is 0 Å². The van der Waals surface area contributed by atoms with Gasteiger partial charge in [0, 0.05) is 15.1 Å². The predicted octanol–water partition coefficient (Wildman–Crippen LogP) is 4.43. The summed E-state index contributed by atoms with van der Waals surface area (Å²) in [7, 11) is 5.18. The van der Waals surface area contributed by atoms with Crippen molar-refractivity contribution >= 4 is 27.5 Å². The largest absolute Gasteiger partial charge is 0.497 e. The van der Waals surface area contributed by atoms with Crippen molar-refractivity contribution in [2.75, 3.05) is 21.3 Å². The second-order valence-corrected chi connectivity index (χ2v) is 5.82. The summed E-state index contributed by atoms with van der Waals surface area (Å²) in [6.07, 6.45) is 0. The Balaban J connectivity index is 2.49. The molecule has 1 unspecified atom stereocenters. The lowest BCUT2D eigenvalue weighted by molar-refractivity contribution is 0.405. The van der Waals surface area contributed by atoms with E-state index in [-0.39, 0.29) is 6.04 Å². The van der Waals surface area contributed by atoms with E-state index in [2.05, 4.69) is 21.2 Å². The van der Waals surface area contributed by atoms with Crippen molar-refractivity contribution in [1.82, 2.24) is 5.32 Å².